The molecule has 0 radical (unpaired) electrons. The number of rotatable bonds is 6. The van der Waals surface area contributed by atoms with E-state index < -0.39 is 0 Å². The number of fused-ring (bicyclic) bond motifs is 1. The first-order valence-electron chi connectivity index (χ1n) is 9.67. The zero-order valence-corrected chi connectivity index (χ0v) is 17.0. The predicted octanol–water partition coefficient (Wildman–Crippen LogP) is 4.55. The molecule has 0 saturated heterocycles. The Kier molecular flexibility index (Phi) is 4.72. The molecule has 0 aliphatic heterocycles. The molecule has 5 aromatic rings. The Morgan fingerprint density at radius 2 is 1.87 bits per heavy atom. The molecule has 2 aromatic carbocycles. The first kappa shape index (κ1) is 18.7. The van der Waals surface area contributed by atoms with Crippen LogP contribution in [0.25, 0.3) is 28.2 Å². The van der Waals surface area contributed by atoms with Crippen molar-refractivity contribution in [3.8, 4) is 34.0 Å². The van der Waals surface area contributed by atoms with Crippen LogP contribution >= 0.6 is 0 Å². The van der Waals surface area contributed by atoms with E-state index in [4.69, 9.17) is 14.5 Å². The van der Waals surface area contributed by atoms with Gasteiger partial charge in [-0.3, -0.25) is 0 Å². The van der Waals surface area contributed by atoms with Crippen molar-refractivity contribution in [2.24, 2.45) is 0 Å². The van der Waals surface area contributed by atoms with E-state index in [1.807, 2.05) is 53.2 Å². The number of anilines is 2. The van der Waals surface area contributed by atoms with Gasteiger partial charge in [-0.15, -0.1) is 0 Å². The van der Waals surface area contributed by atoms with Crippen LogP contribution in [-0.2, 0) is 0 Å². The first-order chi connectivity index (χ1) is 15.2. The maximum absolute atomic E-state index is 5.41. The molecule has 8 nitrogen and oxygen atoms in total. The minimum absolute atomic E-state index is 0.635. The highest BCUT2D eigenvalue weighted by Crippen LogP contribution is 2.32. The van der Waals surface area contributed by atoms with Gasteiger partial charge < -0.3 is 24.2 Å². The van der Waals surface area contributed by atoms with E-state index in [2.05, 4.69) is 26.3 Å². The summed E-state index contributed by atoms with van der Waals surface area (Å²) in [5.41, 5.74) is 5.33. The molecule has 0 unspecified atom stereocenters. The maximum atomic E-state index is 5.41. The topological polar surface area (TPSA) is 89.4 Å². The number of methoxy groups -OCH3 is 2. The van der Waals surface area contributed by atoms with Crippen molar-refractivity contribution in [2.45, 2.75) is 0 Å². The number of nitrogens with zero attached hydrogens (tertiary/aromatic N) is 4. The average molecular weight is 412 g/mol. The van der Waals surface area contributed by atoms with E-state index in [0.717, 1.165) is 33.8 Å². The van der Waals surface area contributed by atoms with Gasteiger partial charge in [-0.1, -0.05) is 18.2 Å². The van der Waals surface area contributed by atoms with Gasteiger partial charge in [-0.25, -0.2) is 15.0 Å². The van der Waals surface area contributed by atoms with Gasteiger partial charge in [-0.05, 0) is 18.2 Å². The molecule has 3 aromatic heterocycles. The third-order valence-electron chi connectivity index (χ3n) is 4.99. The second kappa shape index (κ2) is 7.83. The second-order valence-electron chi connectivity index (χ2n) is 6.87. The van der Waals surface area contributed by atoms with Gasteiger partial charge in [0.25, 0.3) is 0 Å². The fourth-order valence-corrected chi connectivity index (χ4v) is 3.47. The van der Waals surface area contributed by atoms with E-state index in [0.29, 0.717) is 17.3 Å². The van der Waals surface area contributed by atoms with Crippen LogP contribution in [0.4, 0.5) is 11.5 Å². The Labute approximate surface area is 178 Å². The van der Waals surface area contributed by atoms with Crippen molar-refractivity contribution in [1.82, 2.24) is 24.3 Å². The van der Waals surface area contributed by atoms with Crippen LogP contribution < -0.4 is 14.8 Å². The van der Waals surface area contributed by atoms with E-state index in [9.17, 15) is 0 Å². The zero-order chi connectivity index (χ0) is 21.2. The van der Waals surface area contributed by atoms with Crippen molar-refractivity contribution in [3.05, 3.63) is 73.6 Å². The molecule has 31 heavy (non-hydrogen) atoms. The van der Waals surface area contributed by atoms with E-state index in [1.54, 1.807) is 32.9 Å². The summed E-state index contributed by atoms with van der Waals surface area (Å²) in [4.78, 5) is 16.6. The summed E-state index contributed by atoms with van der Waals surface area (Å²) < 4.78 is 12.7. The zero-order valence-electron chi connectivity index (χ0n) is 17.0. The second-order valence-corrected chi connectivity index (χ2v) is 6.87. The normalized spacial score (nSPS) is 10.9. The summed E-state index contributed by atoms with van der Waals surface area (Å²) in [6.07, 6.45) is 9.09. The molecule has 154 valence electrons. The van der Waals surface area contributed by atoms with E-state index in [-0.39, 0.29) is 0 Å². The lowest BCUT2D eigenvalue weighted by molar-refractivity contribution is 0.355. The monoisotopic (exact) mass is 412 g/mol. The maximum Gasteiger partial charge on any atom is 0.180 e. The van der Waals surface area contributed by atoms with Gasteiger partial charge in [0, 0.05) is 41.5 Å². The Morgan fingerprint density at radius 3 is 2.68 bits per heavy atom. The molecule has 0 saturated carbocycles. The van der Waals surface area contributed by atoms with Crippen molar-refractivity contribution >= 4 is 17.2 Å². The number of aromatic nitrogens is 5. The molecule has 0 amide bonds. The van der Waals surface area contributed by atoms with Crippen molar-refractivity contribution in [3.63, 3.8) is 0 Å². The van der Waals surface area contributed by atoms with Gasteiger partial charge in [0.15, 0.2) is 23.0 Å². The molecule has 3 heterocycles. The summed E-state index contributed by atoms with van der Waals surface area (Å²) >= 11 is 0. The van der Waals surface area contributed by atoms with Gasteiger partial charge in [-0.2, -0.15) is 0 Å². The van der Waals surface area contributed by atoms with Crippen LogP contribution in [0.2, 0.25) is 0 Å². The van der Waals surface area contributed by atoms with Crippen molar-refractivity contribution < 1.29 is 9.47 Å². The number of H-pyrrole nitrogens is 1. The molecule has 0 atom stereocenters. The lowest BCUT2D eigenvalue weighted by Crippen LogP contribution is -2.01. The van der Waals surface area contributed by atoms with Gasteiger partial charge in [0.2, 0.25) is 0 Å². The van der Waals surface area contributed by atoms with Crippen molar-refractivity contribution in [2.75, 3.05) is 19.5 Å². The Bertz CT molecular complexity index is 1340. The van der Waals surface area contributed by atoms with Crippen LogP contribution in [0.1, 0.15) is 0 Å². The van der Waals surface area contributed by atoms with Crippen LogP contribution in [0.3, 0.4) is 0 Å². The molecule has 2 N–H and O–H groups in total. The highest BCUT2D eigenvalue weighted by Gasteiger charge is 2.12. The summed E-state index contributed by atoms with van der Waals surface area (Å²) in [5.74, 6) is 1.94. The van der Waals surface area contributed by atoms with E-state index in [1.165, 1.54) is 0 Å². The number of benzene rings is 2. The van der Waals surface area contributed by atoms with Crippen LogP contribution in [0.5, 0.6) is 11.5 Å². The highest BCUT2D eigenvalue weighted by atomic mass is 16.5. The fourth-order valence-electron chi connectivity index (χ4n) is 3.47. The summed E-state index contributed by atoms with van der Waals surface area (Å²) in [6, 6.07) is 13.8. The average Bonchev–Trinajstić information content (AvgIpc) is 3.51. The molecular formula is C23H20N6O2. The Morgan fingerprint density at radius 1 is 1.00 bits per heavy atom. The van der Waals surface area contributed by atoms with Gasteiger partial charge in [0.1, 0.15) is 0 Å². The third kappa shape index (κ3) is 3.55. The number of aromatic amines is 1. The highest BCUT2D eigenvalue weighted by molar-refractivity contribution is 5.76. The number of hydrogen-bond donors (Lipinski definition) is 2. The lowest BCUT2D eigenvalue weighted by atomic mass is 10.1. The molecule has 5 rings (SSSR count). The number of imidazole rings is 2. The summed E-state index contributed by atoms with van der Waals surface area (Å²) in [7, 11) is 3.22. The number of hydrogen-bond acceptors (Lipinski definition) is 6. The molecule has 0 aliphatic carbocycles. The smallest absolute Gasteiger partial charge is 0.180 e. The van der Waals surface area contributed by atoms with Crippen LogP contribution in [0.15, 0.2) is 73.6 Å². The standard InChI is InChI=1S/C23H20N6O2/c1-30-20-7-6-17(11-21(20)31-2)27-22-23-25-8-9-29(23)13-19(28-22)16-5-3-4-15(10-16)18-12-24-14-26-18/h3-14H,1-2H3,(H,24,26)(H,27,28). The molecule has 0 fully saturated rings. The van der Waals surface area contributed by atoms with Gasteiger partial charge >= 0.3 is 0 Å². The Hall–Kier alpha value is -4.33. The summed E-state index contributed by atoms with van der Waals surface area (Å²) in [6.45, 7) is 0. The fraction of sp³-hybridized carbons (Fsp3) is 0.0870. The molecule has 0 spiro atoms. The minimum Gasteiger partial charge on any atom is -0.493 e. The number of ether oxygens (including phenoxy) is 2. The Balaban J connectivity index is 1.56. The van der Waals surface area contributed by atoms with E-state index >= 15 is 0 Å². The molecule has 0 bridgehead atoms. The molecular weight excluding hydrogens is 392 g/mol. The SMILES string of the molecule is COc1ccc(Nc2nc(-c3cccc(-c4cnc[nH]4)c3)cn3ccnc23)cc1OC. The lowest BCUT2D eigenvalue weighted by Gasteiger charge is -2.13. The van der Waals surface area contributed by atoms with Gasteiger partial charge in [0.05, 0.1) is 38.1 Å². The summed E-state index contributed by atoms with van der Waals surface area (Å²) in [5, 5.41) is 3.37. The predicted molar refractivity (Wildman–Crippen MR) is 119 cm³/mol. The van der Waals surface area contributed by atoms with Crippen molar-refractivity contribution in [1.29, 1.82) is 0 Å². The largest absolute Gasteiger partial charge is 0.493 e. The van der Waals surface area contributed by atoms with Crippen LogP contribution in [-0.4, -0.2) is 38.6 Å². The third-order valence-corrected chi connectivity index (χ3v) is 4.99. The first-order valence-corrected chi connectivity index (χ1v) is 9.67. The van der Waals surface area contributed by atoms with Crippen LogP contribution in [0, 0.1) is 0 Å². The molecule has 0 aliphatic rings. The number of nitrogens with one attached hydrogen (secondary N) is 2. The quantitative estimate of drug-likeness (QED) is 0.425. The minimum atomic E-state index is 0.635. The molecule has 8 heteroatoms.